The van der Waals surface area contributed by atoms with Gasteiger partial charge in [-0.3, -0.25) is 4.79 Å². The quantitative estimate of drug-likeness (QED) is 0.919. The fraction of sp³-hybridized carbons (Fsp3) is 0.375. The van der Waals surface area contributed by atoms with Crippen molar-refractivity contribution in [1.29, 1.82) is 0 Å². The van der Waals surface area contributed by atoms with Gasteiger partial charge >= 0.3 is 0 Å². The van der Waals surface area contributed by atoms with Crippen molar-refractivity contribution in [2.45, 2.75) is 40.5 Å². The summed E-state index contributed by atoms with van der Waals surface area (Å²) in [6, 6.07) is 5.91. The van der Waals surface area contributed by atoms with E-state index in [1.165, 1.54) is 0 Å². The maximum absolute atomic E-state index is 12.4. The van der Waals surface area contributed by atoms with Crippen molar-refractivity contribution in [2.75, 3.05) is 5.32 Å². The summed E-state index contributed by atoms with van der Waals surface area (Å²) in [5, 5.41) is 2.93. The predicted octanol–water partition coefficient (Wildman–Crippen LogP) is 3.98. The summed E-state index contributed by atoms with van der Waals surface area (Å²) in [4.78, 5) is 16.7. The molecule has 0 saturated heterocycles. The lowest BCUT2D eigenvalue weighted by atomic mass is 10.1. The Morgan fingerprint density at radius 1 is 1.20 bits per heavy atom. The van der Waals surface area contributed by atoms with Crippen molar-refractivity contribution in [1.82, 2.24) is 4.98 Å². The van der Waals surface area contributed by atoms with E-state index in [9.17, 15) is 4.79 Å². The van der Waals surface area contributed by atoms with Crippen molar-refractivity contribution in [2.24, 2.45) is 0 Å². The molecule has 1 aromatic heterocycles. The van der Waals surface area contributed by atoms with Crippen molar-refractivity contribution in [3.8, 4) is 0 Å². The highest BCUT2D eigenvalue weighted by Crippen LogP contribution is 2.24. The van der Waals surface area contributed by atoms with Crippen LogP contribution in [0.5, 0.6) is 0 Å². The Morgan fingerprint density at radius 2 is 1.80 bits per heavy atom. The number of anilines is 1. The number of aryl methyl sites for hydroxylation is 3. The average Bonchev–Trinajstić information content (AvgIpc) is 2.76. The van der Waals surface area contributed by atoms with Gasteiger partial charge in [0.15, 0.2) is 5.89 Å². The molecule has 1 amide bonds. The molecule has 20 heavy (non-hydrogen) atoms. The minimum Gasteiger partial charge on any atom is -0.436 e. The Hall–Kier alpha value is -2.10. The van der Waals surface area contributed by atoms with Gasteiger partial charge in [-0.05, 0) is 30.9 Å². The van der Waals surface area contributed by atoms with Crippen LogP contribution >= 0.6 is 0 Å². The lowest BCUT2D eigenvalue weighted by molar-refractivity contribution is 0.0993. The molecule has 1 aromatic carbocycles. The minimum absolute atomic E-state index is 0.145. The molecule has 2 aromatic rings. The first-order valence-electron chi connectivity index (χ1n) is 6.75. The van der Waals surface area contributed by atoms with Gasteiger partial charge in [0.2, 0.25) is 5.76 Å². The molecule has 0 aliphatic carbocycles. The summed E-state index contributed by atoms with van der Waals surface area (Å²) >= 11 is 0. The molecule has 0 spiro atoms. The van der Waals surface area contributed by atoms with E-state index >= 15 is 0 Å². The van der Waals surface area contributed by atoms with E-state index in [1.807, 2.05) is 45.9 Å². The second-order valence-electron chi connectivity index (χ2n) is 5.32. The summed E-state index contributed by atoms with van der Waals surface area (Å²) in [7, 11) is 0. The van der Waals surface area contributed by atoms with Crippen LogP contribution in [0.25, 0.3) is 0 Å². The van der Waals surface area contributed by atoms with Gasteiger partial charge in [0, 0.05) is 12.6 Å². The van der Waals surface area contributed by atoms with Crippen molar-refractivity contribution >= 4 is 11.6 Å². The molecule has 0 radical (unpaired) electrons. The number of hydrogen-bond donors (Lipinski definition) is 1. The summed E-state index contributed by atoms with van der Waals surface area (Å²) in [5.74, 6) is 0.721. The van der Waals surface area contributed by atoms with Gasteiger partial charge in [-0.1, -0.05) is 32.0 Å². The van der Waals surface area contributed by atoms with Crippen LogP contribution in [0.2, 0.25) is 0 Å². The van der Waals surface area contributed by atoms with Gasteiger partial charge in [0.25, 0.3) is 5.91 Å². The molecule has 1 heterocycles. The highest BCUT2D eigenvalue weighted by molar-refractivity contribution is 6.03. The SMILES string of the molecule is Cc1nc(C(C)C)c(C(=O)Nc2c(C)cccc2C)o1. The first kappa shape index (κ1) is 14.3. The summed E-state index contributed by atoms with van der Waals surface area (Å²) in [6.45, 7) is 9.68. The number of aromatic nitrogens is 1. The number of benzene rings is 1. The number of nitrogens with one attached hydrogen (secondary N) is 1. The molecule has 0 aliphatic heterocycles. The summed E-state index contributed by atoms with van der Waals surface area (Å²) < 4.78 is 5.47. The highest BCUT2D eigenvalue weighted by Gasteiger charge is 2.21. The number of carbonyl (C=O) groups excluding carboxylic acids is 1. The summed E-state index contributed by atoms with van der Waals surface area (Å²) in [6.07, 6.45) is 0. The largest absolute Gasteiger partial charge is 0.436 e. The van der Waals surface area contributed by atoms with Gasteiger partial charge in [-0.15, -0.1) is 0 Å². The van der Waals surface area contributed by atoms with Gasteiger partial charge in [0.1, 0.15) is 0 Å². The van der Waals surface area contributed by atoms with Crippen molar-refractivity contribution < 1.29 is 9.21 Å². The van der Waals surface area contributed by atoms with Crippen LogP contribution in [0.15, 0.2) is 22.6 Å². The molecule has 2 rings (SSSR count). The zero-order valence-electron chi connectivity index (χ0n) is 12.6. The molecule has 0 fully saturated rings. The lowest BCUT2D eigenvalue weighted by Crippen LogP contribution is -2.15. The summed E-state index contributed by atoms with van der Waals surface area (Å²) in [5.41, 5.74) is 3.59. The van der Waals surface area contributed by atoms with Crippen LogP contribution in [-0.2, 0) is 0 Å². The zero-order chi connectivity index (χ0) is 14.9. The standard InChI is InChI=1S/C16H20N2O2/c1-9(2)13-15(20-12(5)17-13)16(19)18-14-10(3)7-6-8-11(14)4/h6-9H,1-5H3,(H,18,19). The molecule has 106 valence electrons. The lowest BCUT2D eigenvalue weighted by Gasteiger charge is -2.11. The third-order valence-corrected chi connectivity index (χ3v) is 3.23. The van der Waals surface area contributed by atoms with Crippen LogP contribution in [-0.4, -0.2) is 10.9 Å². The van der Waals surface area contributed by atoms with E-state index in [2.05, 4.69) is 10.3 Å². The number of oxazole rings is 1. The number of nitrogens with zero attached hydrogens (tertiary/aromatic N) is 1. The third-order valence-electron chi connectivity index (χ3n) is 3.23. The smallest absolute Gasteiger partial charge is 0.293 e. The Labute approximate surface area is 119 Å². The number of para-hydroxylation sites is 1. The van der Waals surface area contributed by atoms with E-state index in [0.717, 1.165) is 16.8 Å². The van der Waals surface area contributed by atoms with Crippen LogP contribution in [0.1, 0.15) is 53.0 Å². The molecule has 1 N–H and O–H groups in total. The Bertz CT molecular complexity index is 622. The number of hydrogen-bond acceptors (Lipinski definition) is 3. The molecule has 0 unspecified atom stereocenters. The molecular weight excluding hydrogens is 252 g/mol. The predicted molar refractivity (Wildman–Crippen MR) is 79.2 cm³/mol. The molecule has 4 heteroatoms. The van der Waals surface area contributed by atoms with Crippen LogP contribution < -0.4 is 5.32 Å². The maximum Gasteiger partial charge on any atom is 0.293 e. The molecule has 0 bridgehead atoms. The molecule has 0 saturated carbocycles. The average molecular weight is 272 g/mol. The number of carbonyl (C=O) groups is 1. The first-order valence-corrected chi connectivity index (χ1v) is 6.75. The fourth-order valence-electron chi connectivity index (χ4n) is 2.18. The van der Waals surface area contributed by atoms with Crippen molar-refractivity contribution in [3.05, 3.63) is 46.7 Å². The van der Waals surface area contributed by atoms with Gasteiger partial charge in [-0.2, -0.15) is 0 Å². The van der Waals surface area contributed by atoms with Crippen molar-refractivity contribution in [3.63, 3.8) is 0 Å². The Balaban J connectivity index is 2.34. The maximum atomic E-state index is 12.4. The van der Waals surface area contributed by atoms with E-state index in [1.54, 1.807) is 6.92 Å². The third kappa shape index (κ3) is 2.74. The Kier molecular flexibility index (Phi) is 3.93. The van der Waals surface area contributed by atoms with Crippen LogP contribution in [0, 0.1) is 20.8 Å². The van der Waals surface area contributed by atoms with E-state index < -0.39 is 0 Å². The Morgan fingerprint density at radius 3 is 2.35 bits per heavy atom. The second kappa shape index (κ2) is 5.49. The molecular formula is C16H20N2O2. The van der Waals surface area contributed by atoms with Crippen LogP contribution in [0.3, 0.4) is 0 Å². The van der Waals surface area contributed by atoms with Crippen LogP contribution in [0.4, 0.5) is 5.69 Å². The minimum atomic E-state index is -0.244. The first-order chi connectivity index (χ1) is 9.40. The zero-order valence-corrected chi connectivity index (χ0v) is 12.6. The highest BCUT2D eigenvalue weighted by atomic mass is 16.4. The van der Waals surface area contributed by atoms with Gasteiger partial charge in [0.05, 0.1) is 5.69 Å². The van der Waals surface area contributed by atoms with E-state index in [0.29, 0.717) is 17.3 Å². The second-order valence-corrected chi connectivity index (χ2v) is 5.32. The monoisotopic (exact) mass is 272 g/mol. The molecule has 0 aliphatic rings. The molecule has 4 nitrogen and oxygen atoms in total. The fourth-order valence-corrected chi connectivity index (χ4v) is 2.18. The van der Waals surface area contributed by atoms with Gasteiger partial charge < -0.3 is 9.73 Å². The van der Waals surface area contributed by atoms with E-state index in [4.69, 9.17) is 4.42 Å². The topological polar surface area (TPSA) is 55.1 Å². The normalized spacial score (nSPS) is 10.9. The number of amides is 1. The number of rotatable bonds is 3. The van der Waals surface area contributed by atoms with Gasteiger partial charge in [-0.25, -0.2) is 4.98 Å². The molecule has 0 atom stereocenters. The van der Waals surface area contributed by atoms with E-state index in [-0.39, 0.29) is 11.8 Å².